The molecule has 1 N–H and O–H groups in total. The zero-order valence-corrected chi connectivity index (χ0v) is 11.7. The highest BCUT2D eigenvalue weighted by Crippen LogP contribution is 2.18. The molecule has 0 fully saturated rings. The van der Waals surface area contributed by atoms with E-state index in [1.807, 2.05) is 0 Å². The number of halogens is 2. The van der Waals surface area contributed by atoms with Crippen LogP contribution in [-0.4, -0.2) is 13.1 Å². The topological polar surface area (TPSA) is 51.5 Å². The standard InChI is InChI=1S/C15H15F2NO3/c1-9(13-5-6-14(21-13)15(19)20-2)18-8-10-3-4-11(16)7-12(10)17/h3-7,9,18H,8H2,1-2H3. The van der Waals surface area contributed by atoms with Gasteiger partial charge in [-0.3, -0.25) is 0 Å². The molecule has 0 spiro atoms. The van der Waals surface area contributed by atoms with E-state index in [1.165, 1.54) is 25.3 Å². The number of hydrogen-bond donors (Lipinski definition) is 1. The minimum atomic E-state index is -0.613. The number of furan rings is 1. The molecule has 1 aromatic heterocycles. The van der Waals surface area contributed by atoms with Gasteiger partial charge in [0, 0.05) is 18.2 Å². The Hall–Kier alpha value is -2.21. The highest BCUT2D eigenvalue weighted by Gasteiger charge is 2.15. The monoisotopic (exact) mass is 295 g/mol. The number of esters is 1. The van der Waals surface area contributed by atoms with Gasteiger partial charge >= 0.3 is 5.97 Å². The summed E-state index contributed by atoms with van der Waals surface area (Å²) in [5, 5.41) is 3.04. The van der Waals surface area contributed by atoms with E-state index in [4.69, 9.17) is 4.42 Å². The summed E-state index contributed by atoms with van der Waals surface area (Å²) >= 11 is 0. The van der Waals surface area contributed by atoms with Crippen LogP contribution in [0, 0.1) is 11.6 Å². The van der Waals surface area contributed by atoms with Crippen LogP contribution in [0.5, 0.6) is 0 Å². The summed E-state index contributed by atoms with van der Waals surface area (Å²) in [6, 6.07) is 6.33. The summed E-state index contributed by atoms with van der Waals surface area (Å²) in [7, 11) is 1.27. The van der Waals surface area contributed by atoms with Crippen LogP contribution in [0.15, 0.2) is 34.7 Å². The van der Waals surface area contributed by atoms with Gasteiger partial charge in [0.05, 0.1) is 13.2 Å². The molecule has 0 saturated carbocycles. The number of rotatable bonds is 5. The average molecular weight is 295 g/mol. The van der Waals surface area contributed by atoms with Crippen molar-refractivity contribution in [3.05, 3.63) is 59.1 Å². The van der Waals surface area contributed by atoms with Gasteiger partial charge in [-0.2, -0.15) is 0 Å². The normalized spacial score (nSPS) is 12.2. The largest absolute Gasteiger partial charge is 0.463 e. The maximum Gasteiger partial charge on any atom is 0.373 e. The van der Waals surface area contributed by atoms with Crippen molar-refractivity contribution in [1.82, 2.24) is 5.32 Å². The SMILES string of the molecule is COC(=O)c1ccc(C(C)NCc2ccc(F)cc2F)o1. The first-order valence-corrected chi connectivity index (χ1v) is 6.36. The predicted molar refractivity (Wildman–Crippen MR) is 71.7 cm³/mol. The lowest BCUT2D eigenvalue weighted by molar-refractivity contribution is 0.0562. The Bertz CT molecular complexity index is 640. The molecule has 21 heavy (non-hydrogen) atoms. The van der Waals surface area contributed by atoms with Crippen molar-refractivity contribution < 1.29 is 22.7 Å². The van der Waals surface area contributed by atoms with Gasteiger partial charge in [-0.15, -0.1) is 0 Å². The molecule has 0 amide bonds. The second kappa shape index (κ2) is 6.49. The Morgan fingerprint density at radius 2 is 2.10 bits per heavy atom. The number of methoxy groups -OCH3 is 1. The molecule has 0 aliphatic carbocycles. The molecule has 0 saturated heterocycles. The van der Waals surface area contributed by atoms with Crippen LogP contribution in [-0.2, 0) is 11.3 Å². The first kappa shape index (κ1) is 15.2. The Morgan fingerprint density at radius 1 is 1.33 bits per heavy atom. The molecule has 0 aliphatic rings. The van der Waals surface area contributed by atoms with Crippen LogP contribution in [0.2, 0.25) is 0 Å². The van der Waals surface area contributed by atoms with Gasteiger partial charge in [-0.05, 0) is 25.1 Å². The molecule has 6 heteroatoms. The Kier molecular flexibility index (Phi) is 4.70. The number of nitrogens with one attached hydrogen (secondary N) is 1. The molecule has 112 valence electrons. The molecule has 1 unspecified atom stereocenters. The molecule has 2 aromatic rings. The van der Waals surface area contributed by atoms with Gasteiger partial charge in [0.1, 0.15) is 17.4 Å². The minimum Gasteiger partial charge on any atom is -0.463 e. The summed E-state index contributed by atoms with van der Waals surface area (Å²) < 4.78 is 36.2. The van der Waals surface area contributed by atoms with Gasteiger partial charge in [-0.1, -0.05) is 6.07 Å². The third kappa shape index (κ3) is 3.66. The Balaban J connectivity index is 1.99. The zero-order chi connectivity index (χ0) is 15.4. The van der Waals surface area contributed by atoms with E-state index in [0.29, 0.717) is 11.3 Å². The molecule has 0 bridgehead atoms. The number of carbonyl (C=O) groups is 1. The van der Waals surface area contributed by atoms with Crippen molar-refractivity contribution in [2.75, 3.05) is 7.11 Å². The van der Waals surface area contributed by atoms with E-state index < -0.39 is 17.6 Å². The van der Waals surface area contributed by atoms with Crippen LogP contribution in [0.4, 0.5) is 8.78 Å². The van der Waals surface area contributed by atoms with Gasteiger partial charge in [0.2, 0.25) is 5.76 Å². The van der Waals surface area contributed by atoms with Crippen LogP contribution < -0.4 is 5.32 Å². The van der Waals surface area contributed by atoms with E-state index in [1.54, 1.807) is 13.0 Å². The number of benzene rings is 1. The predicted octanol–water partition coefficient (Wildman–Crippen LogP) is 3.20. The summed E-state index contributed by atoms with van der Waals surface area (Å²) in [5.74, 6) is -1.15. The average Bonchev–Trinajstić information content (AvgIpc) is 2.95. The molecule has 2 rings (SSSR count). The highest BCUT2D eigenvalue weighted by atomic mass is 19.1. The Labute approximate surface area is 120 Å². The summed E-state index contributed by atoms with van der Waals surface area (Å²) in [4.78, 5) is 11.3. The summed E-state index contributed by atoms with van der Waals surface area (Å²) in [5.41, 5.74) is 0.350. The third-order valence-corrected chi connectivity index (χ3v) is 3.05. The maximum atomic E-state index is 13.5. The van der Waals surface area contributed by atoms with Crippen molar-refractivity contribution >= 4 is 5.97 Å². The summed E-state index contributed by atoms with van der Waals surface area (Å²) in [6.07, 6.45) is 0. The van der Waals surface area contributed by atoms with Crippen molar-refractivity contribution in [3.63, 3.8) is 0 Å². The van der Waals surface area contributed by atoms with Gasteiger partial charge in [-0.25, -0.2) is 13.6 Å². The van der Waals surface area contributed by atoms with Crippen molar-refractivity contribution in [1.29, 1.82) is 0 Å². The van der Waals surface area contributed by atoms with Gasteiger partial charge in [0.25, 0.3) is 0 Å². The Morgan fingerprint density at radius 3 is 2.76 bits per heavy atom. The maximum absolute atomic E-state index is 13.5. The van der Waals surface area contributed by atoms with Crippen molar-refractivity contribution in [2.45, 2.75) is 19.5 Å². The molecular formula is C15H15F2NO3. The van der Waals surface area contributed by atoms with Crippen LogP contribution in [0.1, 0.15) is 34.8 Å². The lowest BCUT2D eigenvalue weighted by atomic mass is 10.2. The van der Waals surface area contributed by atoms with E-state index in [0.717, 1.165) is 6.07 Å². The number of carbonyl (C=O) groups excluding carboxylic acids is 1. The van der Waals surface area contributed by atoms with E-state index in [9.17, 15) is 13.6 Å². The lowest BCUT2D eigenvalue weighted by Gasteiger charge is -2.12. The second-order valence-corrected chi connectivity index (χ2v) is 4.53. The first-order chi connectivity index (χ1) is 10.0. The summed E-state index contributed by atoms with van der Waals surface area (Å²) in [6.45, 7) is 2.02. The van der Waals surface area contributed by atoms with Crippen LogP contribution in [0.25, 0.3) is 0 Å². The third-order valence-electron chi connectivity index (χ3n) is 3.05. The van der Waals surface area contributed by atoms with Crippen LogP contribution >= 0.6 is 0 Å². The zero-order valence-electron chi connectivity index (χ0n) is 11.7. The molecule has 0 radical (unpaired) electrons. The minimum absolute atomic E-state index is 0.106. The molecule has 1 heterocycles. The molecule has 4 nitrogen and oxygen atoms in total. The van der Waals surface area contributed by atoms with Crippen molar-refractivity contribution in [2.24, 2.45) is 0 Å². The first-order valence-electron chi connectivity index (χ1n) is 6.36. The van der Waals surface area contributed by atoms with Crippen molar-refractivity contribution in [3.8, 4) is 0 Å². The lowest BCUT2D eigenvalue weighted by Crippen LogP contribution is -2.18. The molecule has 1 atom stereocenters. The number of ether oxygens (including phenoxy) is 1. The fourth-order valence-electron chi connectivity index (χ4n) is 1.82. The van der Waals surface area contributed by atoms with Gasteiger partial charge < -0.3 is 14.5 Å². The highest BCUT2D eigenvalue weighted by molar-refractivity contribution is 5.86. The molecular weight excluding hydrogens is 280 g/mol. The van der Waals surface area contributed by atoms with Gasteiger partial charge in [0.15, 0.2) is 0 Å². The second-order valence-electron chi connectivity index (χ2n) is 4.53. The quantitative estimate of drug-likeness (QED) is 0.861. The molecule has 1 aromatic carbocycles. The molecule has 0 aliphatic heterocycles. The smallest absolute Gasteiger partial charge is 0.373 e. The van der Waals surface area contributed by atoms with E-state index in [2.05, 4.69) is 10.1 Å². The fourth-order valence-corrected chi connectivity index (χ4v) is 1.82. The number of hydrogen-bond acceptors (Lipinski definition) is 4. The fraction of sp³-hybridized carbons (Fsp3) is 0.267. The van der Waals surface area contributed by atoms with E-state index >= 15 is 0 Å². The van der Waals surface area contributed by atoms with Crippen LogP contribution in [0.3, 0.4) is 0 Å². The van der Waals surface area contributed by atoms with E-state index in [-0.39, 0.29) is 18.3 Å².